The number of anilines is 1. The van der Waals surface area contributed by atoms with Gasteiger partial charge in [-0.2, -0.15) is 0 Å². The van der Waals surface area contributed by atoms with Gasteiger partial charge in [0.15, 0.2) is 0 Å². The number of benzene rings is 1. The van der Waals surface area contributed by atoms with Crippen LogP contribution in [0.4, 0.5) is 10.1 Å². The molecule has 1 heterocycles. The number of methoxy groups -OCH3 is 1. The predicted octanol–water partition coefficient (Wildman–Crippen LogP) is 1.89. The molecule has 5 heteroatoms. The van der Waals surface area contributed by atoms with Crippen molar-refractivity contribution in [2.75, 3.05) is 18.6 Å². The van der Waals surface area contributed by atoms with Crippen molar-refractivity contribution < 1.29 is 19.0 Å². The first-order valence-corrected chi connectivity index (χ1v) is 5.46. The largest absolute Gasteiger partial charge is 0.495 e. The van der Waals surface area contributed by atoms with Gasteiger partial charge in [-0.15, -0.1) is 0 Å². The lowest BCUT2D eigenvalue weighted by Gasteiger charge is -2.25. The van der Waals surface area contributed by atoms with Crippen molar-refractivity contribution in [1.29, 1.82) is 0 Å². The van der Waals surface area contributed by atoms with E-state index in [9.17, 15) is 9.18 Å². The van der Waals surface area contributed by atoms with Gasteiger partial charge in [0, 0.05) is 12.6 Å². The number of carboxylic acid groups (broad SMARTS) is 1. The monoisotopic (exact) mass is 239 g/mol. The molecule has 17 heavy (non-hydrogen) atoms. The summed E-state index contributed by atoms with van der Waals surface area (Å²) in [7, 11) is 1.49. The number of ether oxygens (including phenoxy) is 1. The minimum Gasteiger partial charge on any atom is -0.495 e. The first-order chi connectivity index (χ1) is 8.13. The second-order valence-electron chi connectivity index (χ2n) is 4.01. The Morgan fingerprint density at radius 1 is 1.59 bits per heavy atom. The highest BCUT2D eigenvalue weighted by molar-refractivity contribution is 5.80. The maximum atomic E-state index is 13.2. The molecule has 1 aromatic rings. The van der Waals surface area contributed by atoms with Crippen LogP contribution in [0.1, 0.15) is 12.8 Å². The SMILES string of the molecule is COc1ccc(F)cc1N1CCCC1C(=O)O. The second-order valence-corrected chi connectivity index (χ2v) is 4.01. The molecule has 0 spiro atoms. The zero-order valence-electron chi connectivity index (χ0n) is 9.52. The van der Waals surface area contributed by atoms with Crippen LogP contribution in [0.25, 0.3) is 0 Å². The molecule has 1 aliphatic heterocycles. The topological polar surface area (TPSA) is 49.8 Å². The highest BCUT2D eigenvalue weighted by Gasteiger charge is 2.32. The van der Waals surface area contributed by atoms with Gasteiger partial charge in [0.1, 0.15) is 17.6 Å². The van der Waals surface area contributed by atoms with E-state index in [1.165, 1.54) is 25.3 Å². The average Bonchev–Trinajstić information content (AvgIpc) is 2.77. The fourth-order valence-electron chi connectivity index (χ4n) is 2.20. The number of nitrogens with zero attached hydrogens (tertiary/aromatic N) is 1. The van der Waals surface area contributed by atoms with Crippen LogP contribution >= 0.6 is 0 Å². The molecule has 1 unspecified atom stereocenters. The Kier molecular flexibility index (Phi) is 3.17. The van der Waals surface area contributed by atoms with E-state index in [-0.39, 0.29) is 0 Å². The summed E-state index contributed by atoms with van der Waals surface area (Å²) in [4.78, 5) is 12.8. The molecule has 92 valence electrons. The maximum Gasteiger partial charge on any atom is 0.326 e. The minimum absolute atomic E-state index is 0.392. The first kappa shape index (κ1) is 11.7. The smallest absolute Gasteiger partial charge is 0.326 e. The van der Waals surface area contributed by atoms with Gasteiger partial charge in [-0.05, 0) is 25.0 Å². The first-order valence-electron chi connectivity index (χ1n) is 5.46. The second kappa shape index (κ2) is 4.61. The Morgan fingerprint density at radius 2 is 2.35 bits per heavy atom. The lowest BCUT2D eigenvalue weighted by molar-refractivity contribution is -0.138. The van der Waals surface area contributed by atoms with Gasteiger partial charge in [-0.3, -0.25) is 0 Å². The molecular weight excluding hydrogens is 225 g/mol. The normalized spacial score (nSPS) is 19.4. The summed E-state index contributed by atoms with van der Waals surface area (Å²) < 4.78 is 18.4. The summed E-state index contributed by atoms with van der Waals surface area (Å²) in [5.41, 5.74) is 0.511. The van der Waals surface area contributed by atoms with E-state index in [0.29, 0.717) is 24.4 Å². The molecule has 1 fully saturated rings. The van der Waals surface area contributed by atoms with E-state index < -0.39 is 17.8 Å². The molecule has 4 nitrogen and oxygen atoms in total. The van der Waals surface area contributed by atoms with E-state index in [1.807, 2.05) is 0 Å². The molecule has 0 aliphatic carbocycles. The van der Waals surface area contributed by atoms with Crippen molar-refractivity contribution in [3.8, 4) is 5.75 Å². The standard InChI is InChI=1S/C12H14FNO3/c1-17-11-5-4-8(13)7-10(11)14-6-2-3-9(14)12(15)16/h4-5,7,9H,2-3,6H2,1H3,(H,15,16). The summed E-state index contributed by atoms with van der Waals surface area (Å²) in [5, 5.41) is 9.10. The van der Waals surface area contributed by atoms with E-state index >= 15 is 0 Å². The van der Waals surface area contributed by atoms with Gasteiger partial charge in [0.25, 0.3) is 0 Å². The van der Waals surface area contributed by atoms with Crippen molar-refractivity contribution in [2.45, 2.75) is 18.9 Å². The van der Waals surface area contributed by atoms with E-state index in [2.05, 4.69) is 0 Å². The van der Waals surface area contributed by atoms with Gasteiger partial charge in [-0.25, -0.2) is 9.18 Å². The van der Waals surface area contributed by atoms with Gasteiger partial charge < -0.3 is 14.7 Å². The van der Waals surface area contributed by atoms with Gasteiger partial charge in [0.2, 0.25) is 0 Å². The summed E-state index contributed by atoms with van der Waals surface area (Å²) >= 11 is 0. The number of rotatable bonds is 3. The Balaban J connectivity index is 2.38. The van der Waals surface area contributed by atoms with E-state index in [4.69, 9.17) is 9.84 Å². The number of carboxylic acids is 1. The lowest BCUT2D eigenvalue weighted by Crippen LogP contribution is -2.36. The fraction of sp³-hybridized carbons (Fsp3) is 0.417. The van der Waals surface area contributed by atoms with Crippen LogP contribution in [-0.4, -0.2) is 30.8 Å². The fourth-order valence-corrected chi connectivity index (χ4v) is 2.20. The molecule has 0 saturated carbocycles. The number of hydrogen-bond acceptors (Lipinski definition) is 3. The maximum absolute atomic E-state index is 13.2. The van der Waals surface area contributed by atoms with Crippen molar-refractivity contribution >= 4 is 11.7 Å². The number of carbonyl (C=O) groups is 1. The van der Waals surface area contributed by atoms with Crippen LogP contribution in [0.15, 0.2) is 18.2 Å². The summed E-state index contributed by atoms with van der Waals surface area (Å²) in [6.07, 6.45) is 1.37. The van der Waals surface area contributed by atoms with Gasteiger partial charge in [0.05, 0.1) is 12.8 Å². The van der Waals surface area contributed by atoms with Crippen LogP contribution in [0.2, 0.25) is 0 Å². The van der Waals surface area contributed by atoms with Crippen LogP contribution in [0.3, 0.4) is 0 Å². The van der Waals surface area contributed by atoms with Crippen molar-refractivity contribution in [3.63, 3.8) is 0 Å². The Hall–Kier alpha value is -1.78. The predicted molar refractivity (Wildman–Crippen MR) is 61.0 cm³/mol. The Morgan fingerprint density at radius 3 is 3.00 bits per heavy atom. The molecule has 1 aromatic carbocycles. The number of halogens is 1. The van der Waals surface area contributed by atoms with Gasteiger partial charge in [-0.1, -0.05) is 0 Å². The molecule has 0 aromatic heterocycles. The highest BCUT2D eigenvalue weighted by atomic mass is 19.1. The number of hydrogen-bond donors (Lipinski definition) is 1. The molecule has 0 radical (unpaired) electrons. The van der Waals surface area contributed by atoms with Gasteiger partial charge >= 0.3 is 5.97 Å². The molecule has 1 atom stereocenters. The van der Waals surface area contributed by atoms with Crippen LogP contribution < -0.4 is 9.64 Å². The quantitative estimate of drug-likeness (QED) is 0.875. The molecule has 1 aliphatic rings. The highest BCUT2D eigenvalue weighted by Crippen LogP contribution is 2.34. The van der Waals surface area contributed by atoms with Crippen molar-refractivity contribution in [2.24, 2.45) is 0 Å². The van der Waals surface area contributed by atoms with Crippen molar-refractivity contribution in [3.05, 3.63) is 24.0 Å². The zero-order valence-corrected chi connectivity index (χ0v) is 9.52. The molecule has 0 amide bonds. The van der Waals surface area contributed by atoms with Crippen LogP contribution in [-0.2, 0) is 4.79 Å². The molecular formula is C12H14FNO3. The third-order valence-corrected chi connectivity index (χ3v) is 2.99. The summed E-state index contributed by atoms with van der Waals surface area (Å²) in [5.74, 6) is -0.773. The Labute approximate surface area is 98.6 Å². The zero-order chi connectivity index (χ0) is 12.4. The average molecular weight is 239 g/mol. The lowest BCUT2D eigenvalue weighted by atomic mass is 10.2. The number of aliphatic carboxylic acids is 1. The van der Waals surface area contributed by atoms with Crippen LogP contribution in [0.5, 0.6) is 5.75 Å². The molecule has 1 N–H and O–H groups in total. The molecule has 2 rings (SSSR count). The molecule has 0 bridgehead atoms. The van der Waals surface area contributed by atoms with Crippen LogP contribution in [0, 0.1) is 5.82 Å². The van der Waals surface area contributed by atoms with E-state index in [0.717, 1.165) is 6.42 Å². The summed E-state index contributed by atoms with van der Waals surface area (Å²) in [6, 6.07) is 3.54. The minimum atomic E-state index is -0.881. The Bertz CT molecular complexity index is 436. The third-order valence-electron chi connectivity index (χ3n) is 2.99. The van der Waals surface area contributed by atoms with Crippen molar-refractivity contribution in [1.82, 2.24) is 0 Å². The van der Waals surface area contributed by atoms with E-state index in [1.54, 1.807) is 4.90 Å². The molecule has 1 saturated heterocycles. The third kappa shape index (κ3) is 2.18. The summed E-state index contributed by atoms with van der Waals surface area (Å²) in [6.45, 7) is 0.608.